The fourth-order valence-electron chi connectivity index (χ4n) is 1.44. The molecule has 0 atom stereocenters. The number of carbonyl (C=O) groups is 1. The smallest absolute Gasteiger partial charge is 0.350 e. The Morgan fingerprint density at radius 2 is 2.07 bits per heavy atom. The van der Waals surface area contributed by atoms with Crippen LogP contribution in [-0.2, 0) is 17.6 Å². The first-order valence-corrected chi connectivity index (χ1v) is 5.45. The summed E-state index contributed by atoms with van der Waals surface area (Å²) < 4.78 is 4.67. The predicted octanol–water partition coefficient (Wildman–Crippen LogP) is 2.24. The van der Waals surface area contributed by atoms with Crippen molar-refractivity contribution in [2.75, 3.05) is 12.8 Å². The molecule has 4 heteroatoms. The van der Waals surface area contributed by atoms with Crippen molar-refractivity contribution < 1.29 is 9.53 Å². The molecule has 0 fully saturated rings. The van der Waals surface area contributed by atoms with E-state index in [0.29, 0.717) is 10.6 Å². The molecule has 0 unspecified atom stereocenters. The highest BCUT2D eigenvalue weighted by Crippen LogP contribution is 2.32. The lowest BCUT2D eigenvalue weighted by Gasteiger charge is -1.99. The number of hydrogen-bond donors (Lipinski definition) is 1. The van der Waals surface area contributed by atoms with Crippen LogP contribution in [0.5, 0.6) is 0 Å². The SMILES string of the molecule is CCc1sc(C(=O)OC)c(N)c1CC. The Bertz CT molecular complexity index is 344. The molecule has 0 spiro atoms. The van der Waals surface area contributed by atoms with E-state index in [1.807, 2.05) is 6.92 Å². The van der Waals surface area contributed by atoms with Gasteiger partial charge in [-0.15, -0.1) is 11.3 Å². The molecule has 0 bridgehead atoms. The van der Waals surface area contributed by atoms with E-state index in [4.69, 9.17) is 5.73 Å². The first-order valence-electron chi connectivity index (χ1n) is 4.63. The van der Waals surface area contributed by atoms with Crippen LogP contribution in [0.3, 0.4) is 0 Å². The summed E-state index contributed by atoms with van der Waals surface area (Å²) in [5.74, 6) is -0.332. The lowest BCUT2D eigenvalue weighted by molar-refractivity contribution is 0.0607. The number of esters is 1. The molecule has 0 aliphatic heterocycles. The van der Waals surface area contributed by atoms with Crippen LogP contribution < -0.4 is 5.73 Å². The highest BCUT2D eigenvalue weighted by molar-refractivity contribution is 7.14. The summed E-state index contributed by atoms with van der Waals surface area (Å²) in [4.78, 5) is 13.1. The molecule has 0 saturated heterocycles. The summed E-state index contributed by atoms with van der Waals surface area (Å²) in [5.41, 5.74) is 7.57. The molecule has 0 aliphatic rings. The van der Waals surface area contributed by atoms with Gasteiger partial charge < -0.3 is 10.5 Å². The third-order valence-electron chi connectivity index (χ3n) is 2.18. The summed E-state index contributed by atoms with van der Waals surface area (Å²) >= 11 is 1.44. The van der Waals surface area contributed by atoms with Gasteiger partial charge in [0.2, 0.25) is 0 Å². The molecular formula is C10H15NO2S. The molecule has 1 rings (SSSR count). The highest BCUT2D eigenvalue weighted by Gasteiger charge is 2.19. The van der Waals surface area contributed by atoms with Crippen molar-refractivity contribution >= 4 is 23.0 Å². The molecule has 3 nitrogen and oxygen atoms in total. The van der Waals surface area contributed by atoms with Crippen molar-refractivity contribution in [1.29, 1.82) is 0 Å². The van der Waals surface area contributed by atoms with Gasteiger partial charge in [-0.25, -0.2) is 4.79 Å². The largest absolute Gasteiger partial charge is 0.465 e. The van der Waals surface area contributed by atoms with Crippen LogP contribution in [0.1, 0.15) is 34.0 Å². The van der Waals surface area contributed by atoms with E-state index in [-0.39, 0.29) is 5.97 Å². The summed E-state index contributed by atoms with van der Waals surface area (Å²) in [7, 11) is 1.37. The van der Waals surface area contributed by atoms with Crippen LogP contribution in [0.2, 0.25) is 0 Å². The van der Waals surface area contributed by atoms with Crippen molar-refractivity contribution in [1.82, 2.24) is 0 Å². The number of nitrogens with two attached hydrogens (primary N) is 1. The molecule has 1 aromatic heterocycles. The average molecular weight is 213 g/mol. The van der Waals surface area contributed by atoms with Crippen LogP contribution in [0, 0.1) is 0 Å². The van der Waals surface area contributed by atoms with Crippen molar-refractivity contribution in [3.63, 3.8) is 0 Å². The zero-order chi connectivity index (χ0) is 10.7. The number of methoxy groups -OCH3 is 1. The van der Waals surface area contributed by atoms with Gasteiger partial charge in [0.1, 0.15) is 4.88 Å². The number of thiophene rings is 1. The molecule has 78 valence electrons. The minimum atomic E-state index is -0.332. The van der Waals surface area contributed by atoms with Gasteiger partial charge >= 0.3 is 5.97 Å². The Morgan fingerprint density at radius 3 is 2.43 bits per heavy atom. The summed E-state index contributed by atoms with van der Waals surface area (Å²) in [6, 6.07) is 0. The Morgan fingerprint density at radius 1 is 1.43 bits per heavy atom. The standard InChI is InChI=1S/C10H15NO2S/c1-4-6-7(5-2)14-9(8(6)11)10(12)13-3/h4-5,11H2,1-3H3. The molecule has 1 aromatic rings. The lowest BCUT2D eigenvalue weighted by Crippen LogP contribution is -2.02. The highest BCUT2D eigenvalue weighted by atomic mass is 32.1. The third-order valence-corrected chi connectivity index (χ3v) is 3.55. The molecule has 0 radical (unpaired) electrons. The van der Waals surface area contributed by atoms with Crippen molar-refractivity contribution in [2.45, 2.75) is 26.7 Å². The van der Waals surface area contributed by atoms with Gasteiger partial charge in [0, 0.05) is 4.88 Å². The normalized spacial score (nSPS) is 10.2. The number of rotatable bonds is 3. The van der Waals surface area contributed by atoms with E-state index in [1.165, 1.54) is 23.3 Å². The molecule has 0 saturated carbocycles. The minimum Gasteiger partial charge on any atom is -0.465 e. The van der Waals surface area contributed by atoms with E-state index >= 15 is 0 Å². The zero-order valence-electron chi connectivity index (χ0n) is 8.72. The van der Waals surface area contributed by atoms with Gasteiger partial charge in [-0.2, -0.15) is 0 Å². The van der Waals surface area contributed by atoms with E-state index in [0.717, 1.165) is 18.4 Å². The van der Waals surface area contributed by atoms with Crippen LogP contribution in [-0.4, -0.2) is 13.1 Å². The van der Waals surface area contributed by atoms with Gasteiger partial charge in [0.05, 0.1) is 12.8 Å². The number of ether oxygens (including phenoxy) is 1. The molecule has 1 heterocycles. The minimum absolute atomic E-state index is 0.332. The number of carbonyl (C=O) groups excluding carboxylic acids is 1. The fourth-order valence-corrected chi connectivity index (χ4v) is 2.61. The first-order chi connectivity index (χ1) is 6.65. The van der Waals surface area contributed by atoms with Crippen LogP contribution in [0.25, 0.3) is 0 Å². The van der Waals surface area contributed by atoms with Crippen LogP contribution in [0.4, 0.5) is 5.69 Å². The maximum Gasteiger partial charge on any atom is 0.350 e. The lowest BCUT2D eigenvalue weighted by atomic mass is 10.1. The van der Waals surface area contributed by atoms with Crippen LogP contribution >= 0.6 is 11.3 Å². The molecule has 14 heavy (non-hydrogen) atoms. The zero-order valence-corrected chi connectivity index (χ0v) is 9.53. The van der Waals surface area contributed by atoms with E-state index in [1.54, 1.807) is 0 Å². The Kier molecular flexibility index (Phi) is 3.52. The number of aryl methyl sites for hydroxylation is 1. The van der Waals surface area contributed by atoms with Gasteiger partial charge in [-0.05, 0) is 18.4 Å². The molecule has 2 N–H and O–H groups in total. The second-order valence-corrected chi connectivity index (χ2v) is 4.05. The summed E-state index contributed by atoms with van der Waals surface area (Å²) in [5, 5.41) is 0. The average Bonchev–Trinajstić information content (AvgIpc) is 2.53. The Labute approximate surface area is 87.9 Å². The quantitative estimate of drug-likeness (QED) is 0.783. The number of nitrogen functional groups attached to an aromatic ring is 1. The van der Waals surface area contributed by atoms with Gasteiger partial charge in [0.15, 0.2) is 0 Å². The number of hydrogen-bond acceptors (Lipinski definition) is 4. The second-order valence-electron chi connectivity index (χ2n) is 2.95. The van der Waals surface area contributed by atoms with E-state index < -0.39 is 0 Å². The summed E-state index contributed by atoms with van der Waals surface area (Å²) in [6.45, 7) is 4.10. The summed E-state index contributed by atoms with van der Waals surface area (Å²) in [6.07, 6.45) is 1.78. The second kappa shape index (κ2) is 4.46. The van der Waals surface area contributed by atoms with E-state index in [9.17, 15) is 4.79 Å². The first kappa shape index (κ1) is 11.0. The van der Waals surface area contributed by atoms with Gasteiger partial charge in [0.25, 0.3) is 0 Å². The molecular weight excluding hydrogens is 198 g/mol. The molecule has 0 amide bonds. The maximum atomic E-state index is 11.3. The van der Waals surface area contributed by atoms with Gasteiger partial charge in [-0.3, -0.25) is 0 Å². The maximum absolute atomic E-state index is 11.3. The number of anilines is 1. The molecule has 0 aliphatic carbocycles. The van der Waals surface area contributed by atoms with Crippen LogP contribution in [0.15, 0.2) is 0 Å². The monoisotopic (exact) mass is 213 g/mol. The predicted molar refractivity (Wildman–Crippen MR) is 58.8 cm³/mol. The molecule has 0 aromatic carbocycles. The van der Waals surface area contributed by atoms with Gasteiger partial charge in [-0.1, -0.05) is 13.8 Å². The van der Waals surface area contributed by atoms with Crippen molar-refractivity contribution in [3.8, 4) is 0 Å². The van der Waals surface area contributed by atoms with E-state index in [2.05, 4.69) is 11.7 Å². The third kappa shape index (κ3) is 1.75. The topological polar surface area (TPSA) is 52.3 Å². The fraction of sp³-hybridized carbons (Fsp3) is 0.500. The van der Waals surface area contributed by atoms with Crippen molar-refractivity contribution in [3.05, 3.63) is 15.3 Å². The Balaban J connectivity index is 3.20. The Hall–Kier alpha value is -1.03. The van der Waals surface area contributed by atoms with Crippen molar-refractivity contribution in [2.24, 2.45) is 0 Å².